The van der Waals surface area contributed by atoms with E-state index in [0.29, 0.717) is 5.41 Å². The summed E-state index contributed by atoms with van der Waals surface area (Å²) in [5.74, 6) is 0. The van der Waals surface area contributed by atoms with Crippen LogP contribution in [0.2, 0.25) is 0 Å². The van der Waals surface area contributed by atoms with Gasteiger partial charge in [0.05, 0.1) is 11.2 Å². The fourth-order valence-electron chi connectivity index (χ4n) is 3.92. The molecule has 2 aliphatic carbocycles. The van der Waals surface area contributed by atoms with Gasteiger partial charge in [0.15, 0.2) is 0 Å². The Labute approximate surface area is 121 Å². The first-order chi connectivity index (χ1) is 9.05. The average molecular weight is 278 g/mol. The zero-order valence-electron chi connectivity index (χ0n) is 12.5. The molecule has 1 aromatic rings. The summed E-state index contributed by atoms with van der Waals surface area (Å²) in [6.07, 6.45) is 10.3. The number of fused-ring (bicyclic) bond motifs is 1. The summed E-state index contributed by atoms with van der Waals surface area (Å²) in [6, 6.07) is 0. The number of aryl methyl sites for hydroxylation is 2. The summed E-state index contributed by atoms with van der Waals surface area (Å²) in [7, 11) is 2.13. The Hall–Kier alpha value is -0.410. The molecule has 0 amide bonds. The van der Waals surface area contributed by atoms with Crippen molar-refractivity contribution in [3.63, 3.8) is 0 Å². The largest absolute Gasteiger partial charge is 0.308 e. The van der Waals surface area contributed by atoms with Gasteiger partial charge in [-0.1, -0.05) is 20.3 Å². The highest BCUT2D eigenvalue weighted by Crippen LogP contribution is 2.47. The molecule has 3 rings (SSSR count). The SMILES string of the molecule is CNC1(c2nc3c(s2)CCCC3)CCCC(C)(C)C1. The van der Waals surface area contributed by atoms with Crippen LogP contribution in [0.15, 0.2) is 0 Å². The Bertz CT molecular complexity index is 440. The van der Waals surface area contributed by atoms with Crippen LogP contribution in [0.4, 0.5) is 0 Å². The summed E-state index contributed by atoms with van der Waals surface area (Å²) in [5.41, 5.74) is 1.99. The molecule has 0 saturated heterocycles. The third kappa shape index (κ3) is 2.47. The molecule has 3 heteroatoms. The van der Waals surface area contributed by atoms with E-state index >= 15 is 0 Å². The Morgan fingerprint density at radius 1 is 1.11 bits per heavy atom. The Morgan fingerprint density at radius 2 is 1.89 bits per heavy atom. The lowest BCUT2D eigenvalue weighted by Gasteiger charge is -2.43. The van der Waals surface area contributed by atoms with Crippen LogP contribution < -0.4 is 5.32 Å². The average Bonchev–Trinajstić information content (AvgIpc) is 2.81. The van der Waals surface area contributed by atoms with Crippen molar-refractivity contribution < 1.29 is 0 Å². The lowest BCUT2D eigenvalue weighted by atomic mass is 9.68. The minimum Gasteiger partial charge on any atom is -0.308 e. The standard InChI is InChI=1S/C16H26N2S/c1-15(2)9-6-10-16(11-15,17-3)14-18-12-7-4-5-8-13(12)19-14/h17H,4-11H2,1-3H3. The van der Waals surface area contributed by atoms with Gasteiger partial charge in [-0.2, -0.15) is 0 Å². The maximum absolute atomic E-state index is 5.04. The fourth-order valence-corrected chi connectivity index (χ4v) is 5.29. The van der Waals surface area contributed by atoms with Gasteiger partial charge in [0.1, 0.15) is 5.01 Å². The number of thiazole rings is 1. The van der Waals surface area contributed by atoms with Crippen LogP contribution in [0, 0.1) is 5.41 Å². The van der Waals surface area contributed by atoms with E-state index in [1.54, 1.807) is 4.88 Å². The van der Waals surface area contributed by atoms with E-state index in [1.807, 2.05) is 11.3 Å². The van der Waals surface area contributed by atoms with Crippen LogP contribution in [0.5, 0.6) is 0 Å². The van der Waals surface area contributed by atoms with Crippen LogP contribution >= 0.6 is 11.3 Å². The van der Waals surface area contributed by atoms with Crippen molar-refractivity contribution in [3.8, 4) is 0 Å². The first-order valence-corrected chi connectivity index (χ1v) is 8.54. The first kappa shape index (κ1) is 13.6. The van der Waals surface area contributed by atoms with Crippen molar-refractivity contribution in [2.24, 2.45) is 5.41 Å². The normalized spacial score (nSPS) is 30.1. The molecule has 1 N–H and O–H groups in total. The fraction of sp³-hybridized carbons (Fsp3) is 0.812. The number of hydrogen-bond donors (Lipinski definition) is 1. The van der Waals surface area contributed by atoms with Crippen molar-refractivity contribution in [2.45, 2.75) is 70.8 Å². The highest BCUT2D eigenvalue weighted by Gasteiger charge is 2.42. The molecule has 0 spiro atoms. The molecular formula is C16H26N2S. The summed E-state index contributed by atoms with van der Waals surface area (Å²) < 4.78 is 0. The molecule has 19 heavy (non-hydrogen) atoms. The van der Waals surface area contributed by atoms with Crippen LogP contribution in [0.3, 0.4) is 0 Å². The lowest BCUT2D eigenvalue weighted by Crippen LogP contribution is -2.46. The van der Waals surface area contributed by atoms with Crippen molar-refractivity contribution in [1.29, 1.82) is 0 Å². The van der Waals surface area contributed by atoms with Crippen LogP contribution in [0.25, 0.3) is 0 Å². The molecule has 0 radical (unpaired) electrons. The maximum atomic E-state index is 5.04. The third-order valence-electron chi connectivity index (χ3n) is 4.97. The van der Waals surface area contributed by atoms with Gasteiger partial charge in [-0.15, -0.1) is 11.3 Å². The Morgan fingerprint density at radius 3 is 2.58 bits per heavy atom. The molecule has 1 atom stereocenters. The van der Waals surface area contributed by atoms with Crippen molar-refractivity contribution in [1.82, 2.24) is 10.3 Å². The number of hydrogen-bond acceptors (Lipinski definition) is 3. The van der Waals surface area contributed by atoms with E-state index in [0.717, 1.165) is 0 Å². The second-order valence-electron chi connectivity index (χ2n) is 7.12. The number of nitrogens with one attached hydrogen (secondary N) is 1. The second kappa shape index (κ2) is 4.85. The predicted octanol–water partition coefficient (Wildman–Crippen LogP) is 4.04. The highest BCUT2D eigenvalue weighted by atomic mass is 32.1. The zero-order chi connectivity index (χ0) is 13.5. The topological polar surface area (TPSA) is 24.9 Å². The van der Waals surface area contributed by atoms with E-state index in [1.165, 1.54) is 62.1 Å². The molecule has 1 heterocycles. The smallest absolute Gasteiger partial charge is 0.113 e. The maximum Gasteiger partial charge on any atom is 0.113 e. The zero-order valence-corrected chi connectivity index (χ0v) is 13.3. The van der Waals surface area contributed by atoms with E-state index in [9.17, 15) is 0 Å². The molecule has 2 aliphatic rings. The minimum atomic E-state index is 0.143. The summed E-state index contributed by atoms with van der Waals surface area (Å²) in [4.78, 5) is 6.61. The van der Waals surface area contributed by atoms with Gasteiger partial charge in [0.2, 0.25) is 0 Å². The molecule has 1 fully saturated rings. The van der Waals surface area contributed by atoms with Gasteiger partial charge in [-0.25, -0.2) is 4.98 Å². The van der Waals surface area contributed by atoms with Crippen LogP contribution in [0.1, 0.15) is 68.0 Å². The molecule has 1 unspecified atom stereocenters. The Balaban J connectivity index is 1.95. The molecule has 0 aromatic carbocycles. The van der Waals surface area contributed by atoms with E-state index < -0.39 is 0 Å². The molecule has 106 valence electrons. The van der Waals surface area contributed by atoms with Gasteiger partial charge in [0, 0.05) is 4.88 Å². The number of nitrogens with zero attached hydrogens (tertiary/aromatic N) is 1. The van der Waals surface area contributed by atoms with Gasteiger partial charge in [-0.3, -0.25) is 0 Å². The summed E-state index contributed by atoms with van der Waals surface area (Å²) in [5, 5.41) is 5.02. The minimum absolute atomic E-state index is 0.143. The monoisotopic (exact) mass is 278 g/mol. The first-order valence-electron chi connectivity index (χ1n) is 7.73. The predicted molar refractivity (Wildman–Crippen MR) is 81.7 cm³/mol. The second-order valence-corrected chi connectivity index (χ2v) is 8.21. The molecule has 1 aromatic heterocycles. The third-order valence-corrected chi connectivity index (χ3v) is 6.33. The van der Waals surface area contributed by atoms with Gasteiger partial charge >= 0.3 is 0 Å². The van der Waals surface area contributed by atoms with Crippen molar-refractivity contribution >= 4 is 11.3 Å². The summed E-state index contributed by atoms with van der Waals surface area (Å²) >= 11 is 1.99. The number of aromatic nitrogens is 1. The molecule has 0 bridgehead atoms. The quantitative estimate of drug-likeness (QED) is 0.883. The highest BCUT2D eigenvalue weighted by molar-refractivity contribution is 7.11. The number of rotatable bonds is 2. The van der Waals surface area contributed by atoms with Gasteiger partial charge in [0.25, 0.3) is 0 Å². The van der Waals surface area contributed by atoms with Crippen molar-refractivity contribution in [2.75, 3.05) is 7.05 Å². The Kier molecular flexibility index (Phi) is 3.46. The molecule has 1 saturated carbocycles. The molecular weight excluding hydrogens is 252 g/mol. The van der Waals surface area contributed by atoms with Gasteiger partial charge in [-0.05, 0) is 57.4 Å². The van der Waals surface area contributed by atoms with Crippen LogP contribution in [-0.4, -0.2) is 12.0 Å². The lowest BCUT2D eigenvalue weighted by molar-refractivity contribution is 0.125. The van der Waals surface area contributed by atoms with E-state index in [4.69, 9.17) is 4.98 Å². The van der Waals surface area contributed by atoms with Crippen molar-refractivity contribution in [3.05, 3.63) is 15.6 Å². The summed E-state index contributed by atoms with van der Waals surface area (Å²) in [6.45, 7) is 4.82. The van der Waals surface area contributed by atoms with E-state index in [2.05, 4.69) is 26.2 Å². The van der Waals surface area contributed by atoms with Gasteiger partial charge < -0.3 is 5.32 Å². The van der Waals surface area contributed by atoms with Crippen LogP contribution in [-0.2, 0) is 18.4 Å². The van der Waals surface area contributed by atoms with E-state index in [-0.39, 0.29) is 5.54 Å². The molecule has 2 nitrogen and oxygen atoms in total. The molecule has 0 aliphatic heterocycles.